The van der Waals surface area contributed by atoms with E-state index in [4.69, 9.17) is 0 Å². The Kier molecular flexibility index (Phi) is 7.82. The van der Waals surface area contributed by atoms with Crippen molar-refractivity contribution in [1.82, 2.24) is 15.5 Å². The maximum absolute atomic E-state index is 12.7. The van der Waals surface area contributed by atoms with E-state index in [0.29, 0.717) is 11.8 Å². The summed E-state index contributed by atoms with van der Waals surface area (Å²) in [7, 11) is 5.47. The van der Waals surface area contributed by atoms with Crippen LogP contribution in [0.15, 0.2) is 40.2 Å². The molecule has 1 aromatic carbocycles. The first-order valence-electron chi connectivity index (χ1n) is 9.35. The zero-order chi connectivity index (χ0) is 19.0. The van der Waals surface area contributed by atoms with E-state index in [2.05, 4.69) is 46.8 Å². The summed E-state index contributed by atoms with van der Waals surface area (Å²) in [6.45, 7) is 3.66. The van der Waals surface area contributed by atoms with Crippen LogP contribution >= 0.6 is 11.8 Å². The van der Waals surface area contributed by atoms with Crippen molar-refractivity contribution in [3.05, 3.63) is 30.3 Å². The monoisotopic (exact) mass is 376 g/mol. The van der Waals surface area contributed by atoms with Crippen molar-refractivity contribution < 1.29 is 4.79 Å². The maximum Gasteiger partial charge on any atom is 0.230 e. The third-order valence-electron chi connectivity index (χ3n) is 4.88. The van der Waals surface area contributed by atoms with Crippen LogP contribution in [0.5, 0.6) is 0 Å². The van der Waals surface area contributed by atoms with Crippen molar-refractivity contribution in [2.75, 3.05) is 34.2 Å². The maximum atomic E-state index is 12.7. The van der Waals surface area contributed by atoms with Gasteiger partial charge in [-0.1, -0.05) is 38.0 Å². The fraction of sp³-hybridized carbons (Fsp3) is 0.600. The van der Waals surface area contributed by atoms with Crippen LogP contribution in [0.2, 0.25) is 0 Å². The van der Waals surface area contributed by atoms with Gasteiger partial charge in [0.15, 0.2) is 5.96 Å². The normalized spacial score (nSPS) is 17.6. The van der Waals surface area contributed by atoms with Crippen LogP contribution in [-0.2, 0) is 4.79 Å². The third kappa shape index (κ3) is 5.66. The summed E-state index contributed by atoms with van der Waals surface area (Å²) in [5.74, 6) is 0.995. The van der Waals surface area contributed by atoms with E-state index < -0.39 is 0 Å². The van der Waals surface area contributed by atoms with E-state index >= 15 is 0 Å². The van der Waals surface area contributed by atoms with E-state index in [0.717, 1.165) is 38.2 Å². The minimum absolute atomic E-state index is 0.228. The molecule has 1 atom stereocenters. The number of amides is 1. The number of guanidine groups is 1. The highest BCUT2D eigenvalue weighted by Crippen LogP contribution is 2.38. The Morgan fingerprint density at radius 1 is 1.23 bits per heavy atom. The average Bonchev–Trinajstić information content (AvgIpc) is 3.12. The molecule has 1 unspecified atom stereocenters. The molecule has 1 aromatic rings. The number of thioether (sulfide) groups is 1. The highest BCUT2D eigenvalue weighted by Gasteiger charge is 2.42. The Balaban J connectivity index is 1.84. The summed E-state index contributed by atoms with van der Waals surface area (Å²) in [4.78, 5) is 20.0. The van der Waals surface area contributed by atoms with Gasteiger partial charge < -0.3 is 15.5 Å². The summed E-state index contributed by atoms with van der Waals surface area (Å²) in [5.41, 5.74) is -0.286. The predicted molar refractivity (Wildman–Crippen MR) is 111 cm³/mol. The SMILES string of the molecule is CN=C(NCC(C)Sc1ccccc1)NCC1(C(=O)N(C)C)CCCC1. The van der Waals surface area contributed by atoms with E-state index in [1.807, 2.05) is 31.9 Å². The van der Waals surface area contributed by atoms with Gasteiger partial charge in [0.2, 0.25) is 5.91 Å². The molecule has 6 heteroatoms. The lowest BCUT2D eigenvalue weighted by atomic mass is 9.84. The Morgan fingerprint density at radius 3 is 2.46 bits per heavy atom. The van der Waals surface area contributed by atoms with Crippen molar-refractivity contribution in [3.63, 3.8) is 0 Å². The smallest absolute Gasteiger partial charge is 0.230 e. The molecule has 0 spiro atoms. The molecule has 1 amide bonds. The number of rotatable bonds is 7. The van der Waals surface area contributed by atoms with E-state index in [1.165, 1.54) is 4.90 Å². The molecule has 0 radical (unpaired) electrons. The lowest BCUT2D eigenvalue weighted by Gasteiger charge is -2.31. The molecule has 0 aliphatic heterocycles. The van der Waals surface area contributed by atoms with Gasteiger partial charge in [0, 0.05) is 44.4 Å². The molecule has 0 bridgehead atoms. The van der Waals surface area contributed by atoms with Gasteiger partial charge in [-0.05, 0) is 25.0 Å². The molecule has 1 aliphatic rings. The molecule has 2 rings (SSSR count). The van der Waals surface area contributed by atoms with Gasteiger partial charge in [0.05, 0.1) is 5.41 Å². The standard InChI is InChI=1S/C20H32N4OS/c1-16(26-17-10-6-5-7-11-17)14-22-19(21-2)23-15-20(12-8-9-13-20)18(25)24(3)4/h5-7,10-11,16H,8-9,12-15H2,1-4H3,(H2,21,22,23). The van der Waals surface area contributed by atoms with Crippen LogP contribution in [0, 0.1) is 5.41 Å². The average molecular weight is 377 g/mol. The summed E-state index contributed by atoms with van der Waals surface area (Å²) in [6, 6.07) is 10.4. The minimum atomic E-state index is -0.286. The molecule has 26 heavy (non-hydrogen) atoms. The quantitative estimate of drug-likeness (QED) is 0.436. The van der Waals surface area contributed by atoms with Gasteiger partial charge in [-0.15, -0.1) is 11.8 Å². The van der Waals surface area contributed by atoms with Gasteiger partial charge in [0.25, 0.3) is 0 Å². The van der Waals surface area contributed by atoms with Crippen molar-refractivity contribution >= 4 is 23.6 Å². The van der Waals surface area contributed by atoms with Gasteiger partial charge >= 0.3 is 0 Å². The number of carbonyl (C=O) groups excluding carboxylic acids is 1. The highest BCUT2D eigenvalue weighted by atomic mass is 32.2. The lowest BCUT2D eigenvalue weighted by molar-refractivity contribution is -0.138. The van der Waals surface area contributed by atoms with Crippen LogP contribution in [-0.4, -0.2) is 56.2 Å². The molecule has 0 heterocycles. The second kappa shape index (κ2) is 9.86. The van der Waals surface area contributed by atoms with Gasteiger partial charge in [0.1, 0.15) is 0 Å². The number of aliphatic imine (C=N–C) groups is 1. The van der Waals surface area contributed by atoms with Crippen molar-refractivity contribution in [2.45, 2.75) is 42.8 Å². The summed E-state index contributed by atoms with van der Waals surface area (Å²) in [5, 5.41) is 7.20. The summed E-state index contributed by atoms with van der Waals surface area (Å²) >= 11 is 1.84. The number of benzene rings is 1. The highest BCUT2D eigenvalue weighted by molar-refractivity contribution is 8.00. The molecule has 1 aliphatic carbocycles. The van der Waals surface area contributed by atoms with Crippen LogP contribution in [0.3, 0.4) is 0 Å². The molecular weight excluding hydrogens is 344 g/mol. The van der Waals surface area contributed by atoms with Crippen LogP contribution in [0.1, 0.15) is 32.6 Å². The first kappa shape index (κ1) is 20.6. The van der Waals surface area contributed by atoms with Crippen molar-refractivity contribution in [3.8, 4) is 0 Å². The minimum Gasteiger partial charge on any atom is -0.355 e. The Morgan fingerprint density at radius 2 is 1.88 bits per heavy atom. The number of nitrogens with one attached hydrogen (secondary N) is 2. The molecule has 1 fully saturated rings. The number of hydrogen-bond acceptors (Lipinski definition) is 3. The molecule has 144 valence electrons. The fourth-order valence-corrected chi connectivity index (χ4v) is 4.42. The topological polar surface area (TPSA) is 56.7 Å². The third-order valence-corrected chi connectivity index (χ3v) is 5.99. The zero-order valence-electron chi connectivity index (χ0n) is 16.4. The van der Waals surface area contributed by atoms with Crippen molar-refractivity contribution in [1.29, 1.82) is 0 Å². The summed E-state index contributed by atoms with van der Waals surface area (Å²) in [6.07, 6.45) is 4.15. The number of hydrogen-bond donors (Lipinski definition) is 2. The van der Waals surface area contributed by atoms with Crippen molar-refractivity contribution in [2.24, 2.45) is 10.4 Å². The second-order valence-corrected chi connectivity index (χ2v) is 8.75. The lowest BCUT2D eigenvalue weighted by Crippen LogP contribution is -2.49. The van der Waals surface area contributed by atoms with E-state index in [-0.39, 0.29) is 11.3 Å². The first-order chi connectivity index (χ1) is 12.5. The van der Waals surface area contributed by atoms with Crippen LogP contribution in [0.4, 0.5) is 0 Å². The van der Waals surface area contributed by atoms with Gasteiger partial charge in [-0.2, -0.15) is 0 Å². The first-order valence-corrected chi connectivity index (χ1v) is 10.2. The Hall–Kier alpha value is -1.69. The molecule has 2 N–H and O–H groups in total. The second-order valence-electron chi connectivity index (χ2n) is 7.24. The van der Waals surface area contributed by atoms with Gasteiger partial charge in [-0.25, -0.2) is 0 Å². The Bertz CT molecular complexity index is 597. The largest absolute Gasteiger partial charge is 0.355 e. The number of carbonyl (C=O) groups is 1. The predicted octanol–water partition coefficient (Wildman–Crippen LogP) is 2.98. The van der Waals surface area contributed by atoms with Crippen LogP contribution in [0.25, 0.3) is 0 Å². The molecule has 1 saturated carbocycles. The van der Waals surface area contributed by atoms with Gasteiger partial charge in [-0.3, -0.25) is 9.79 Å². The zero-order valence-corrected chi connectivity index (χ0v) is 17.2. The molecule has 0 saturated heterocycles. The number of nitrogens with zero attached hydrogens (tertiary/aromatic N) is 2. The van der Waals surface area contributed by atoms with Crippen LogP contribution < -0.4 is 10.6 Å². The summed E-state index contributed by atoms with van der Waals surface area (Å²) < 4.78 is 0. The fourth-order valence-electron chi connectivity index (χ4n) is 3.48. The van der Waals surface area contributed by atoms with E-state index in [1.54, 1.807) is 11.9 Å². The molecule has 5 nitrogen and oxygen atoms in total. The van der Waals surface area contributed by atoms with E-state index in [9.17, 15) is 4.79 Å². The molecule has 0 aromatic heterocycles. The Labute approximate surface area is 162 Å². The molecular formula is C20H32N4OS.